The fourth-order valence-electron chi connectivity index (χ4n) is 2.26. The van der Waals surface area contributed by atoms with Crippen LogP contribution in [0.4, 0.5) is 17.1 Å². The summed E-state index contributed by atoms with van der Waals surface area (Å²) in [5.74, 6) is 1.54. The first-order valence-electron chi connectivity index (χ1n) is 9.66. The molecule has 0 bridgehead atoms. The molecule has 9 nitrogen and oxygen atoms in total. The van der Waals surface area contributed by atoms with Crippen LogP contribution in [0.2, 0.25) is 0 Å². The van der Waals surface area contributed by atoms with E-state index in [0.29, 0.717) is 28.7 Å². The van der Waals surface area contributed by atoms with E-state index in [1.54, 1.807) is 18.2 Å². The van der Waals surface area contributed by atoms with Gasteiger partial charge in [0, 0.05) is 48.2 Å². The Morgan fingerprint density at radius 2 is 0.935 bits per heavy atom. The van der Waals surface area contributed by atoms with Crippen LogP contribution in [0.3, 0.4) is 0 Å². The third-order valence-corrected chi connectivity index (χ3v) is 3.47. The number of nitrogens with zero attached hydrogens (tertiary/aromatic N) is 2. The molecule has 0 aromatic heterocycles. The molecule has 164 valence electrons. The first-order valence-corrected chi connectivity index (χ1v) is 9.66. The Kier molecular flexibility index (Phi) is 9.98. The van der Waals surface area contributed by atoms with Crippen molar-refractivity contribution in [2.45, 2.75) is 27.7 Å². The molecule has 3 aromatic carbocycles. The van der Waals surface area contributed by atoms with E-state index in [1.165, 1.54) is 48.5 Å². The van der Waals surface area contributed by atoms with Gasteiger partial charge in [0.15, 0.2) is 0 Å². The van der Waals surface area contributed by atoms with Gasteiger partial charge in [-0.25, -0.2) is 0 Å². The molecule has 0 aliphatic rings. The maximum atomic E-state index is 10.7. The van der Waals surface area contributed by atoms with Crippen LogP contribution in [-0.2, 0) is 0 Å². The maximum Gasteiger partial charge on any atom is 0.269 e. The van der Waals surface area contributed by atoms with E-state index in [1.807, 2.05) is 27.7 Å². The molecule has 9 heteroatoms. The normalized spacial score (nSPS) is 9.29. The van der Waals surface area contributed by atoms with Crippen LogP contribution in [0, 0.1) is 20.2 Å². The summed E-state index contributed by atoms with van der Waals surface area (Å²) in [6.07, 6.45) is 0. The van der Waals surface area contributed by atoms with Crippen LogP contribution in [0.1, 0.15) is 27.7 Å². The lowest BCUT2D eigenvalue weighted by Crippen LogP contribution is -1.92. The highest BCUT2D eigenvalue weighted by molar-refractivity contribution is 5.53. The zero-order chi connectivity index (χ0) is 23.4. The minimum atomic E-state index is -0.500. The number of ether oxygens (including phenoxy) is 2. The van der Waals surface area contributed by atoms with Gasteiger partial charge in [0.1, 0.15) is 23.0 Å². The minimum absolute atomic E-state index is 0.0443. The van der Waals surface area contributed by atoms with E-state index >= 15 is 0 Å². The van der Waals surface area contributed by atoms with Gasteiger partial charge in [0.2, 0.25) is 0 Å². The van der Waals surface area contributed by atoms with Crippen molar-refractivity contribution in [1.82, 2.24) is 0 Å². The van der Waals surface area contributed by atoms with Gasteiger partial charge in [0.25, 0.3) is 11.4 Å². The topological polar surface area (TPSA) is 131 Å². The van der Waals surface area contributed by atoms with E-state index in [9.17, 15) is 20.2 Å². The number of non-ortho nitro benzene ring substituents is 2. The Labute approximate surface area is 180 Å². The van der Waals surface area contributed by atoms with Crippen molar-refractivity contribution in [1.29, 1.82) is 0 Å². The number of nitro benzene ring substituents is 2. The molecule has 0 saturated heterocycles. The monoisotopic (exact) mass is 427 g/mol. The smallest absolute Gasteiger partial charge is 0.269 e. The standard InChI is InChI=1S/C18H13N3O6.2C2H6/c19-12-9-17(26-15-5-1-13(2-6-15)20(22)23)11-18(10-12)27-16-7-3-14(4-8-16)21(24)25;2*1-2/h1-11H,19H2;2*1-2H3. The molecule has 0 saturated carbocycles. The average Bonchev–Trinajstić information content (AvgIpc) is 2.77. The summed E-state index contributed by atoms with van der Waals surface area (Å²) in [7, 11) is 0. The summed E-state index contributed by atoms with van der Waals surface area (Å²) in [6, 6.07) is 15.9. The summed E-state index contributed by atoms with van der Waals surface area (Å²) < 4.78 is 11.3. The molecule has 0 spiro atoms. The van der Waals surface area contributed by atoms with Crippen molar-refractivity contribution in [3.8, 4) is 23.0 Å². The Morgan fingerprint density at radius 3 is 1.23 bits per heavy atom. The van der Waals surface area contributed by atoms with Crippen molar-refractivity contribution < 1.29 is 19.3 Å². The van der Waals surface area contributed by atoms with E-state index in [-0.39, 0.29) is 11.4 Å². The lowest BCUT2D eigenvalue weighted by atomic mass is 10.2. The lowest BCUT2D eigenvalue weighted by molar-refractivity contribution is -0.385. The summed E-state index contributed by atoms with van der Waals surface area (Å²) >= 11 is 0. The van der Waals surface area contributed by atoms with Gasteiger partial charge in [-0.1, -0.05) is 27.7 Å². The highest BCUT2D eigenvalue weighted by Gasteiger charge is 2.09. The van der Waals surface area contributed by atoms with E-state index in [4.69, 9.17) is 15.2 Å². The molecule has 0 heterocycles. The van der Waals surface area contributed by atoms with Crippen LogP contribution >= 0.6 is 0 Å². The largest absolute Gasteiger partial charge is 0.457 e. The molecule has 0 aliphatic heterocycles. The number of hydrogen-bond acceptors (Lipinski definition) is 7. The number of nitro groups is 2. The number of hydrogen-bond donors (Lipinski definition) is 1. The summed E-state index contributed by atoms with van der Waals surface area (Å²) in [6.45, 7) is 8.00. The SMILES string of the molecule is CC.CC.Nc1cc(Oc2ccc([N+](=O)[O-])cc2)cc(Oc2ccc([N+](=O)[O-])cc2)c1. The first-order chi connectivity index (χ1) is 14.9. The highest BCUT2D eigenvalue weighted by Crippen LogP contribution is 2.32. The van der Waals surface area contributed by atoms with Crippen molar-refractivity contribution in [2.24, 2.45) is 0 Å². The first kappa shape index (κ1) is 24.9. The molecule has 3 aromatic rings. The molecule has 0 fully saturated rings. The Hall–Kier alpha value is -4.14. The molecule has 0 radical (unpaired) electrons. The average molecular weight is 427 g/mol. The molecule has 0 aliphatic carbocycles. The van der Waals surface area contributed by atoms with Crippen molar-refractivity contribution >= 4 is 17.1 Å². The fourth-order valence-corrected chi connectivity index (χ4v) is 2.26. The second-order valence-corrected chi connectivity index (χ2v) is 5.44. The fraction of sp³-hybridized carbons (Fsp3) is 0.182. The molecule has 3 rings (SSSR count). The lowest BCUT2D eigenvalue weighted by Gasteiger charge is -2.10. The number of benzene rings is 3. The van der Waals surface area contributed by atoms with Gasteiger partial charge in [-0.2, -0.15) is 0 Å². The van der Waals surface area contributed by atoms with Gasteiger partial charge in [-0.3, -0.25) is 20.2 Å². The van der Waals surface area contributed by atoms with E-state index < -0.39 is 9.85 Å². The molecule has 0 unspecified atom stereocenters. The molecule has 0 amide bonds. The minimum Gasteiger partial charge on any atom is -0.457 e. The van der Waals surface area contributed by atoms with Crippen LogP contribution in [0.5, 0.6) is 23.0 Å². The Bertz CT molecular complexity index is 911. The summed E-state index contributed by atoms with van der Waals surface area (Å²) in [5.41, 5.74) is 6.15. The number of rotatable bonds is 6. The van der Waals surface area contributed by atoms with Crippen LogP contribution in [0.25, 0.3) is 0 Å². The maximum absolute atomic E-state index is 10.7. The van der Waals surface area contributed by atoms with Crippen LogP contribution in [0.15, 0.2) is 66.7 Å². The number of nitrogens with two attached hydrogens (primary N) is 1. The van der Waals surface area contributed by atoms with E-state index in [0.717, 1.165) is 0 Å². The Morgan fingerprint density at radius 1 is 0.613 bits per heavy atom. The Balaban J connectivity index is 0.00000113. The third-order valence-electron chi connectivity index (χ3n) is 3.47. The van der Waals surface area contributed by atoms with Gasteiger partial charge in [-0.05, 0) is 24.3 Å². The van der Waals surface area contributed by atoms with Gasteiger partial charge in [-0.15, -0.1) is 0 Å². The van der Waals surface area contributed by atoms with Gasteiger partial charge < -0.3 is 15.2 Å². The predicted octanol–water partition coefficient (Wildman–Crippen LogP) is 6.72. The van der Waals surface area contributed by atoms with Crippen LogP contribution in [-0.4, -0.2) is 9.85 Å². The zero-order valence-corrected chi connectivity index (χ0v) is 17.8. The molecule has 31 heavy (non-hydrogen) atoms. The second-order valence-electron chi connectivity index (χ2n) is 5.44. The van der Waals surface area contributed by atoms with Crippen molar-refractivity contribution in [3.63, 3.8) is 0 Å². The van der Waals surface area contributed by atoms with Crippen molar-refractivity contribution in [3.05, 3.63) is 87.0 Å². The summed E-state index contributed by atoms with van der Waals surface area (Å²) in [5, 5.41) is 21.4. The quantitative estimate of drug-likeness (QED) is 0.262. The van der Waals surface area contributed by atoms with Crippen LogP contribution < -0.4 is 15.2 Å². The zero-order valence-electron chi connectivity index (χ0n) is 17.8. The molecule has 0 atom stereocenters. The number of nitrogen functional groups attached to an aromatic ring is 1. The van der Waals surface area contributed by atoms with Crippen molar-refractivity contribution in [2.75, 3.05) is 5.73 Å². The van der Waals surface area contributed by atoms with E-state index in [2.05, 4.69) is 0 Å². The molecular formula is C22H25N3O6. The third kappa shape index (κ3) is 7.65. The van der Waals surface area contributed by atoms with Gasteiger partial charge >= 0.3 is 0 Å². The number of anilines is 1. The predicted molar refractivity (Wildman–Crippen MR) is 120 cm³/mol. The highest BCUT2D eigenvalue weighted by atomic mass is 16.6. The molecule has 2 N–H and O–H groups in total. The second kappa shape index (κ2) is 12.4. The van der Waals surface area contributed by atoms with Gasteiger partial charge in [0.05, 0.1) is 9.85 Å². The molecular weight excluding hydrogens is 402 g/mol. The summed E-state index contributed by atoms with van der Waals surface area (Å²) in [4.78, 5) is 20.4.